The molecule has 0 aliphatic rings. The van der Waals surface area contributed by atoms with Crippen LogP contribution in [0.1, 0.15) is 0 Å². The smallest absolute Gasteiger partial charge is 0.325 e. The molecule has 0 saturated carbocycles. The van der Waals surface area contributed by atoms with E-state index in [4.69, 9.17) is 0 Å². The molecule has 138 valence electrons. The van der Waals surface area contributed by atoms with Crippen molar-refractivity contribution in [1.29, 1.82) is 0 Å². The Morgan fingerprint density at radius 2 is 1.92 bits per heavy atom. The van der Waals surface area contributed by atoms with E-state index >= 15 is 0 Å². The number of benzene rings is 1. The van der Waals surface area contributed by atoms with Crippen LogP contribution in [-0.4, -0.2) is 47.5 Å². The third kappa shape index (κ3) is 4.79. The van der Waals surface area contributed by atoms with E-state index in [1.165, 1.54) is 17.9 Å². The van der Waals surface area contributed by atoms with Gasteiger partial charge in [0, 0.05) is 4.47 Å². The number of nitrogens with one attached hydrogen (secondary N) is 2. The number of carbonyl (C=O) groups excluding carboxylic acids is 3. The van der Waals surface area contributed by atoms with Crippen molar-refractivity contribution in [1.82, 2.24) is 15.2 Å². The molecule has 0 unspecified atom stereocenters. The van der Waals surface area contributed by atoms with E-state index in [-0.39, 0.29) is 25.3 Å². The van der Waals surface area contributed by atoms with Crippen molar-refractivity contribution >= 4 is 50.3 Å². The fourth-order valence-corrected chi connectivity index (χ4v) is 2.57. The maximum atomic E-state index is 12.0. The largest absolute Gasteiger partial charge is 0.468 e. The lowest BCUT2D eigenvalue weighted by Gasteiger charge is -2.07. The Morgan fingerprint density at radius 1 is 1.23 bits per heavy atom. The number of carbonyl (C=O) groups is 3. The molecule has 10 nitrogen and oxygen atoms in total. The van der Waals surface area contributed by atoms with Crippen LogP contribution >= 0.6 is 15.9 Å². The number of nitrogens with zero attached hydrogens (tertiary/aromatic N) is 2. The molecule has 0 spiro atoms. The van der Waals surface area contributed by atoms with Crippen LogP contribution in [0.5, 0.6) is 0 Å². The number of hydrogen-bond donors (Lipinski definition) is 2. The van der Waals surface area contributed by atoms with Crippen LogP contribution in [0.25, 0.3) is 10.9 Å². The zero-order valence-corrected chi connectivity index (χ0v) is 15.2. The standard InChI is InChI=1S/C15H15BrN4O6/c1-26-15(23)6-18-13(21)5-17-14(22)8-19-7-12(20(24)25)10-3-2-9(16)4-11(10)19/h2-4,7H,5-6,8H2,1H3,(H,17,22)(H,18,21). The molecule has 0 radical (unpaired) electrons. The summed E-state index contributed by atoms with van der Waals surface area (Å²) in [6, 6.07) is 4.93. The third-order valence-corrected chi connectivity index (χ3v) is 3.93. The van der Waals surface area contributed by atoms with Crippen LogP contribution in [0.15, 0.2) is 28.9 Å². The van der Waals surface area contributed by atoms with Crippen molar-refractivity contribution in [3.63, 3.8) is 0 Å². The van der Waals surface area contributed by atoms with Gasteiger partial charge in [-0.05, 0) is 18.2 Å². The monoisotopic (exact) mass is 426 g/mol. The van der Waals surface area contributed by atoms with Gasteiger partial charge in [0.05, 0.1) is 35.7 Å². The minimum atomic E-state index is -0.610. The van der Waals surface area contributed by atoms with Gasteiger partial charge in [0.25, 0.3) is 5.69 Å². The van der Waals surface area contributed by atoms with Crippen LogP contribution in [0.2, 0.25) is 0 Å². The number of esters is 1. The van der Waals surface area contributed by atoms with Crippen LogP contribution in [0.4, 0.5) is 5.69 Å². The Morgan fingerprint density at radius 3 is 2.58 bits per heavy atom. The molecular weight excluding hydrogens is 412 g/mol. The van der Waals surface area contributed by atoms with Gasteiger partial charge >= 0.3 is 5.97 Å². The van der Waals surface area contributed by atoms with Gasteiger partial charge in [-0.15, -0.1) is 0 Å². The van der Waals surface area contributed by atoms with Gasteiger partial charge in [0.1, 0.15) is 13.1 Å². The van der Waals surface area contributed by atoms with Crippen molar-refractivity contribution < 1.29 is 24.0 Å². The lowest BCUT2D eigenvalue weighted by molar-refractivity contribution is -0.383. The van der Waals surface area contributed by atoms with E-state index < -0.39 is 22.7 Å². The molecule has 1 aromatic carbocycles. The highest BCUT2D eigenvalue weighted by Gasteiger charge is 2.19. The van der Waals surface area contributed by atoms with Crippen LogP contribution < -0.4 is 10.6 Å². The van der Waals surface area contributed by atoms with E-state index in [1.807, 2.05) is 0 Å². The molecular formula is C15H15BrN4O6. The van der Waals surface area contributed by atoms with Crippen LogP contribution in [0.3, 0.4) is 0 Å². The maximum Gasteiger partial charge on any atom is 0.325 e. The summed E-state index contributed by atoms with van der Waals surface area (Å²) in [5, 5.41) is 16.2. The predicted molar refractivity (Wildman–Crippen MR) is 94.3 cm³/mol. The Hall–Kier alpha value is -2.95. The quantitative estimate of drug-likeness (QED) is 0.380. The molecule has 0 bridgehead atoms. The number of nitro groups is 1. The summed E-state index contributed by atoms with van der Waals surface area (Å²) in [4.78, 5) is 45.1. The zero-order chi connectivity index (χ0) is 19.3. The summed E-state index contributed by atoms with van der Waals surface area (Å²) in [6.45, 7) is -0.834. The number of hydrogen-bond acceptors (Lipinski definition) is 6. The van der Waals surface area contributed by atoms with Gasteiger partial charge < -0.3 is 19.9 Å². The summed E-state index contributed by atoms with van der Waals surface area (Å²) < 4.78 is 6.51. The highest BCUT2D eigenvalue weighted by atomic mass is 79.9. The SMILES string of the molecule is COC(=O)CNC(=O)CNC(=O)Cn1cc([N+](=O)[O-])c2ccc(Br)cc21. The van der Waals surface area contributed by atoms with Gasteiger partial charge in [-0.2, -0.15) is 0 Å². The van der Waals surface area contributed by atoms with E-state index in [0.717, 1.165) is 0 Å². The molecule has 11 heteroatoms. The number of ether oxygens (including phenoxy) is 1. The fourth-order valence-electron chi connectivity index (χ4n) is 2.22. The highest BCUT2D eigenvalue weighted by molar-refractivity contribution is 9.10. The first kappa shape index (κ1) is 19.4. The van der Waals surface area contributed by atoms with E-state index in [1.54, 1.807) is 18.2 Å². The third-order valence-electron chi connectivity index (χ3n) is 3.44. The Bertz CT molecular complexity index is 878. The lowest BCUT2D eigenvalue weighted by Crippen LogP contribution is -2.40. The van der Waals surface area contributed by atoms with Gasteiger partial charge in [-0.25, -0.2) is 0 Å². The summed E-state index contributed by atoms with van der Waals surface area (Å²) >= 11 is 3.29. The molecule has 0 aliphatic heterocycles. The Labute approximate surface area is 155 Å². The molecule has 0 aliphatic carbocycles. The molecule has 0 fully saturated rings. The second-order valence-electron chi connectivity index (χ2n) is 5.19. The fraction of sp³-hybridized carbons (Fsp3) is 0.267. The van der Waals surface area contributed by atoms with Gasteiger partial charge in [-0.1, -0.05) is 15.9 Å². The number of rotatable bonds is 7. The van der Waals surface area contributed by atoms with Crippen LogP contribution in [0, 0.1) is 10.1 Å². The average Bonchev–Trinajstić information content (AvgIpc) is 2.95. The van der Waals surface area contributed by atoms with Crippen molar-refractivity contribution in [2.24, 2.45) is 0 Å². The molecule has 2 N–H and O–H groups in total. The summed E-state index contributed by atoms with van der Waals surface area (Å²) in [5.74, 6) is -1.68. The molecule has 26 heavy (non-hydrogen) atoms. The summed E-state index contributed by atoms with van der Waals surface area (Å²) in [5.41, 5.74) is 0.396. The first-order valence-corrected chi connectivity index (χ1v) is 8.14. The zero-order valence-electron chi connectivity index (χ0n) is 13.7. The summed E-state index contributed by atoms with van der Waals surface area (Å²) in [7, 11) is 1.19. The van der Waals surface area contributed by atoms with E-state index in [2.05, 4.69) is 31.3 Å². The van der Waals surface area contributed by atoms with Crippen molar-refractivity contribution in [2.75, 3.05) is 20.2 Å². The molecule has 1 aromatic heterocycles. The van der Waals surface area contributed by atoms with Crippen molar-refractivity contribution in [3.05, 3.63) is 39.0 Å². The normalized spacial score (nSPS) is 10.4. The predicted octanol–water partition coefficient (Wildman–Crippen LogP) is 0.717. The van der Waals surface area contributed by atoms with E-state index in [0.29, 0.717) is 15.4 Å². The first-order chi connectivity index (χ1) is 12.3. The molecule has 2 aromatic rings. The maximum absolute atomic E-state index is 12.0. The van der Waals surface area contributed by atoms with E-state index in [9.17, 15) is 24.5 Å². The first-order valence-electron chi connectivity index (χ1n) is 7.34. The number of halogens is 1. The Balaban J connectivity index is 2.03. The van der Waals surface area contributed by atoms with Gasteiger partial charge in [0.15, 0.2) is 0 Å². The van der Waals surface area contributed by atoms with Crippen molar-refractivity contribution in [3.8, 4) is 0 Å². The van der Waals surface area contributed by atoms with Gasteiger partial charge in [0.2, 0.25) is 11.8 Å². The number of fused-ring (bicyclic) bond motifs is 1. The molecule has 2 rings (SSSR count). The lowest BCUT2D eigenvalue weighted by atomic mass is 10.2. The van der Waals surface area contributed by atoms with Crippen molar-refractivity contribution in [2.45, 2.75) is 6.54 Å². The van der Waals surface area contributed by atoms with Gasteiger partial charge in [-0.3, -0.25) is 24.5 Å². The molecule has 0 atom stereocenters. The molecule has 0 saturated heterocycles. The summed E-state index contributed by atoms with van der Waals surface area (Å²) in [6.07, 6.45) is 1.27. The number of aromatic nitrogens is 1. The second kappa shape index (κ2) is 8.43. The minimum absolute atomic E-state index is 0.115. The van der Waals surface area contributed by atoms with Crippen LogP contribution in [-0.2, 0) is 25.7 Å². The average molecular weight is 427 g/mol. The highest BCUT2D eigenvalue weighted by Crippen LogP contribution is 2.30. The Kier molecular flexibility index (Phi) is 6.28. The molecule has 1 heterocycles. The number of methoxy groups -OCH3 is 1. The number of amides is 2. The minimum Gasteiger partial charge on any atom is -0.468 e. The molecule has 2 amide bonds. The topological polar surface area (TPSA) is 133 Å². The second-order valence-corrected chi connectivity index (χ2v) is 6.11.